The molecular weight excluding hydrogens is 318 g/mol. The number of aryl methyl sites for hydroxylation is 1. The van der Waals surface area contributed by atoms with Crippen LogP contribution in [-0.2, 0) is 9.47 Å². The molecule has 0 saturated carbocycles. The van der Waals surface area contributed by atoms with E-state index in [4.69, 9.17) is 9.47 Å². The van der Waals surface area contributed by atoms with Crippen molar-refractivity contribution in [1.82, 2.24) is 4.90 Å². The zero-order valence-electron chi connectivity index (χ0n) is 14.1. The number of carbonyl (C=O) groups is 2. The maximum Gasteiger partial charge on any atom is 0.410 e. The van der Waals surface area contributed by atoms with Crippen LogP contribution in [0.1, 0.15) is 53.3 Å². The van der Waals surface area contributed by atoms with E-state index in [1.165, 1.54) is 23.3 Å². The summed E-state index contributed by atoms with van der Waals surface area (Å²) in [5.41, 5.74) is -0.101. The third-order valence-electron chi connectivity index (χ3n) is 3.58. The number of amides is 1. The number of methoxy groups -OCH3 is 1. The predicted octanol–water partition coefficient (Wildman–Crippen LogP) is 2.89. The van der Waals surface area contributed by atoms with Crippen LogP contribution in [-0.4, -0.2) is 47.4 Å². The van der Waals surface area contributed by atoms with Crippen LogP contribution in [0.3, 0.4) is 0 Å². The lowest BCUT2D eigenvalue weighted by Crippen LogP contribution is -2.37. The Morgan fingerprint density at radius 1 is 1.39 bits per heavy atom. The lowest BCUT2D eigenvalue weighted by atomic mass is 10.1. The van der Waals surface area contributed by atoms with Gasteiger partial charge in [0.05, 0.1) is 31.4 Å². The van der Waals surface area contributed by atoms with Gasteiger partial charge in [0.1, 0.15) is 5.60 Å². The van der Waals surface area contributed by atoms with Crippen molar-refractivity contribution in [3.05, 3.63) is 21.4 Å². The molecule has 1 aliphatic heterocycles. The molecule has 1 N–H and O–H groups in total. The summed E-state index contributed by atoms with van der Waals surface area (Å²) in [6.07, 6.45) is -0.624. The maximum atomic E-state index is 12.4. The molecular formula is C16H23NO5S. The molecule has 1 amide bonds. The minimum absolute atomic E-state index is 0.226. The van der Waals surface area contributed by atoms with Crippen molar-refractivity contribution in [3.8, 4) is 0 Å². The Kier molecular flexibility index (Phi) is 5.01. The van der Waals surface area contributed by atoms with E-state index in [1.54, 1.807) is 26.8 Å². The Bertz CT molecular complexity index is 604. The van der Waals surface area contributed by atoms with Crippen LogP contribution in [0.4, 0.5) is 4.79 Å². The average Bonchev–Trinajstić information content (AvgIpc) is 2.99. The van der Waals surface area contributed by atoms with Crippen LogP contribution in [0.15, 0.2) is 6.07 Å². The molecule has 1 aromatic rings. The molecule has 1 saturated heterocycles. The molecule has 6 nitrogen and oxygen atoms in total. The zero-order chi connectivity index (χ0) is 17.4. The molecule has 7 heteroatoms. The SMILES string of the molecule is COC(=O)c1cc(C2C[C@H](O)CN2C(=O)OC(C)(C)C)sc1C. The normalized spacial score (nSPS) is 21.4. The summed E-state index contributed by atoms with van der Waals surface area (Å²) in [5.74, 6) is -0.396. The standard InChI is InChI=1S/C16H23NO5S/c1-9-11(14(19)21-5)7-13(23-9)12-6-10(18)8-17(12)15(20)22-16(2,3)4/h7,10,12,18H,6,8H2,1-5H3/t10-,12?/m0/s1. The number of carbonyl (C=O) groups excluding carboxylic acids is 2. The van der Waals surface area contributed by atoms with Crippen molar-refractivity contribution in [3.63, 3.8) is 0 Å². The van der Waals surface area contributed by atoms with Crippen molar-refractivity contribution < 1.29 is 24.2 Å². The Hall–Kier alpha value is -1.60. The number of hydrogen-bond donors (Lipinski definition) is 1. The van der Waals surface area contributed by atoms with Gasteiger partial charge in [-0.3, -0.25) is 4.90 Å². The maximum absolute atomic E-state index is 12.4. The Morgan fingerprint density at radius 2 is 2.04 bits per heavy atom. The lowest BCUT2D eigenvalue weighted by Gasteiger charge is -2.28. The first kappa shape index (κ1) is 17.7. The number of rotatable bonds is 2. The number of hydrogen-bond acceptors (Lipinski definition) is 6. The van der Waals surface area contributed by atoms with E-state index < -0.39 is 23.8 Å². The number of ether oxygens (including phenoxy) is 2. The third-order valence-corrected chi connectivity index (χ3v) is 4.73. The number of β-amino-alcohol motifs (C(OH)–C–C–N with tert-alkyl or cyclic N) is 1. The van der Waals surface area contributed by atoms with Gasteiger partial charge in [-0.2, -0.15) is 0 Å². The lowest BCUT2D eigenvalue weighted by molar-refractivity contribution is 0.0209. The molecule has 0 radical (unpaired) electrons. The van der Waals surface area contributed by atoms with Gasteiger partial charge in [0.25, 0.3) is 0 Å². The smallest absolute Gasteiger partial charge is 0.410 e. The summed E-state index contributed by atoms with van der Waals surface area (Å²) in [4.78, 5) is 27.4. The highest BCUT2D eigenvalue weighted by Gasteiger charge is 2.39. The van der Waals surface area contributed by atoms with Gasteiger partial charge in [-0.05, 0) is 33.8 Å². The molecule has 23 heavy (non-hydrogen) atoms. The minimum Gasteiger partial charge on any atom is -0.465 e. The van der Waals surface area contributed by atoms with Gasteiger partial charge in [-0.1, -0.05) is 0 Å². The van der Waals surface area contributed by atoms with Gasteiger partial charge in [-0.25, -0.2) is 9.59 Å². The molecule has 2 heterocycles. The van der Waals surface area contributed by atoms with Gasteiger partial charge >= 0.3 is 12.1 Å². The van der Waals surface area contributed by atoms with Crippen LogP contribution in [0, 0.1) is 6.92 Å². The van der Waals surface area contributed by atoms with Crippen molar-refractivity contribution >= 4 is 23.4 Å². The molecule has 2 rings (SSSR count). The number of thiophene rings is 1. The Morgan fingerprint density at radius 3 is 2.61 bits per heavy atom. The molecule has 0 aliphatic carbocycles. The highest BCUT2D eigenvalue weighted by molar-refractivity contribution is 7.12. The van der Waals surface area contributed by atoms with E-state index in [-0.39, 0.29) is 12.6 Å². The molecule has 1 aliphatic rings. The molecule has 1 fully saturated rings. The van der Waals surface area contributed by atoms with E-state index in [9.17, 15) is 14.7 Å². The first-order valence-electron chi connectivity index (χ1n) is 7.48. The third kappa shape index (κ3) is 4.03. The van der Waals surface area contributed by atoms with E-state index in [0.717, 1.165) is 9.75 Å². The Balaban J connectivity index is 2.26. The summed E-state index contributed by atoms with van der Waals surface area (Å²) in [6, 6.07) is 1.45. The molecule has 0 bridgehead atoms. The van der Waals surface area contributed by atoms with Crippen molar-refractivity contribution in [2.75, 3.05) is 13.7 Å². The largest absolute Gasteiger partial charge is 0.465 e. The number of aliphatic hydroxyl groups is 1. The molecule has 128 valence electrons. The quantitative estimate of drug-likeness (QED) is 0.837. The predicted molar refractivity (Wildman–Crippen MR) is 86.7 cm³/mol. The fourth-order valence-corrected chi connectivity index (χ4v) is 3.73. The first-order valence-corrected chi connectivity index (χ1v) is 8.30. The summed E-state index contributed by atoms with van der Waals surface area (Å²) < 4.78 is 10.2. The van der Waals surface area contributed by atoms with E-state index in [1.807, 2.05) is 6.92 Å². The number of aliphatic hydroxyl groups excluding tert-OH is 1. The minimum atomic E-state index is -0.600. The molecule has 1 unspecified atom stereocenters. The number of nitrogens with zero attached hydrogens (tertiary/aromatic N) is 1. The van der Waals surface area contributed by atoms with Crippen LogP contribution >= 0.6 is 11.3 Å². The highest BCUT2D eigenvalue weighted by Crippen LogP contribution is 2.38. The van der Waals surface area contributed by atoms with Crippen LogP contribution in [0.5, 0.6) is 0 Å². The summed E-state index contributed by atoms with van der Waals surface area (Å²) >= 11 is 1.44. The Labute approximate surface area is 140 Å². The molecule has 0 aromatic carbocycles. The zero-order valence-corrected chi connectivity index (χ0v) is 14.9. The second kappa shape index (κ2) is 6.49. The van der Waals surface area contributed by atoms with Crippen molar-refractivity contribution in [2.24, 2.45) is 0 Å². The monoisotopic (exact) mass is 341 g/mol. The van der Waals surface area contributed by atoms with E-state index in [0.29, 0.717) is 12.0 Å². The second-order valence-corrected chi connectivity index (χ2v) is 7.94. The number of likely N-dealkylation sites (tertiary alicyclic amines) is 1. The van der Waals surface area contributed by atoms with Gasteiger partial charge in [-0.15, -0.1) is 11.3 Å². The summed E-state index contributed by atoms with van der Waals surface area (Å²) in [5, 5.41) is 9.97. The molecule has 2 atom stereocenters. The number of esters is 1. The topological polar surface area (TPSA) is 76.1 Å². The van der Waals surface area contributed by atoms with Crippen LogP contribution in [0.2, 0.25) is 0 Å². The van der Waals surface area contributed by atoms with E-state index in [2.05, 4.69) is 0 Å². The second-order valence-electron chi connectivity index (χ2n) is 6.65. The van der Waals surface area contributed by atoms with Gasteiger partial charge in [0, 0.05) is 16.2 Å². The summed E-state index contributed by atoms with van der Waals surface area (Å²) in [6.45, 7) is 7.47. The highest BCUT2D eigenvalue weighted by atomic mass is 32.1. The van der Waals surface area contributed by atoms with Crippen LogP contribution < -0.4 is 0 Å². The van der Waals surface area contributed by atoms with Gasteiger partial charge in [0.2, 0.25) is 0 Å². The fourth-order valence-electron chi connectivity index (χ4n) is 2.59. The van der Waals surface area contributed by atoms with Crippen molar-refractivity contribution in [2.45, 2.75) is 51.9 Å². The van der Waals surface area contributed by atoms with Crippen molar-refractivity contribution in [1.29, 1.82) is 0 Å². The molecule has 1 aromatic heterocycles. The van der Waals surface area contributed by atoms with E-state index >= 15 is 0 Å². The summed E-state index contributed by atoms with van der Waals surface area (Å²) in [7, 11) is 1.34. The fraction of sp³-hybridized carbons (Fsp3) is 0.625. The molecule has 0 spiro atoms. The van der Waals surface area contributed by atoms with Crippen LogP contribution in [0.25, 0.3) is 0 Å². The average molecular weight is 341 g/mol. The first-order chi connectivity index (χ1) is 10.6. The van der Waals surface area contributed by atoms with Gasteiger partial charge in [0.15, 0.2) is 0 Å². The van der Waals surface area contributed by atoms with Gasteiger partial charge < -0.3 is 14.6 Å².